The van der Waals surface area contributed by atoms with E-state index in [4.69, 9.17) is 37.9 Å². The van der Waals surface area contributed by atoms with Crippen LogP contribution in [-0.2, 0) is 61.9 Å². The lowest BCUT2D eigenvalue weighted by Crippen LogP contribution is -2.43. The first-order valence-electron chi connectivity index (χ1n) is 12.8. The van der Waals surface area contributed by atoms with Crippen LogP contribution in [0, 0.1) is 5.41 Å². The first-order chi connectivity index (χ1) is 19.3. The molecule has 0 fully saturated rings. The monoisotopic (exact) mass is 586 g/mol. The van der Waals surface area contributed by atoms with E-state index in [2.05, 4.69) is 19.7 Å². The highest BCUT2D eigenvalue weighted by Crippen LogP contribution is 2.21. The molecule has 13 nitrogen and oxygen atoms in total. The third kappa shape index (κ3) is 18.6. The first-order valence-corrected chi connectivity index (χ1v) is 12.8. The van der Waals surface area contributed by atoms with Crippen LogP contribution in [0.2, 0.25) is 0 Å². The van der Waals surface area contributed by atoms with Gasteiger partial charge in [0, 0.05) is 23.6 Å². The van der Waals surface area contributed by atoms with E-state index in [1.807, 2.05) is 0 Å². The molecule has 0 bridgehead atoms. The minimum absolute atomic E-state index is 0.00666. The number of Topliss-reactive ketones (excluding diaryl/α,β-unsaturated/α-hetero) is 1. The SMILES string of the molecule is C=C(C)C(=O)OCCOCC(COCCOC(=O)C(=C)C)(COCCOC(=O)C(=C)C)COCCOC(=O)C(C)=O. The van der Waals surface area contributed by atoms with Crippen LogP contribution in [0.1, 0.15) is 27.7 Å². The van der Waals surface area contributed by atoms with Crippen LogP contribution in [0.3, 0.4) is 0 Å². The number of hydrogen-bond acceptors (Lipinski definition) is 13. The lowest BCUT2D eigenvalue weighted by atomic mass is 9.92. The van der Waals surface area contributed by atoms with Crippen LogP contribution in [0.15, 0.2) is 36.5 Å². The summed E-state index contributed by atoms with van der Waals surface area (Å²) >= 11 is 0. The Bertz CT molecular complexity index is 772. The standard InChI is InChI=1S/C28H42O13/c1-20(2)24(30)38-12-8-34-16-28(17-35-9-13-39-25(31)21(3)4,18-36-10-14-40-26(32)22(5)6)19-37-11-15-41-27(33)23(7)29/h1,3,5,8-19H2,2,4,6-7H3. The fraction of sp³-hybridized carbons (Fsp3) is 0.607. The molecule has 13 heteroatoms. The molecule has 0 aromatic rings. The van der Waals surface area contributed by atoms with E-state index >= 15 is 0 Å². The normalized spacial score (nSPS) is 10.8. The number of hydrogen-bond donors (Lipinski definition) is 0. The van der Waals surface area contributed by atoms with Gasteiger partial charge in [0.05, 0.1) is 58.3 Å². The molecular weight excluding hydrogens is 544 g/mol. The van der Waals surface area contributed by atoms with Gasteiger partial charge in [0.2, 0.25) is 5.78 Å². The van der Waals surface area contributed by atoms with Gasteiger partial charge >= 0.3 is 23.9 Å². The van der Waals surface area contributed by atoms with Crippen LogP contribution in [0.25, 0.3) is 0 Å². The van der Waals surface area contributed by atoms with Gasteiger partial charge in [-0.25, -0.2) is 19.2 Å². The van der Waals surface area contributed by atoms with Gasteiger partial charge in [-0.15, -0.1) is 0 Å². The highest BCUT2D eigenvalue weighted by Gasteiger charge is 2.33. The van der Waals surface area contributed by atoms with Crippen molar-refractivity contribution < 1.29 is 61.9 Å². The number of carbonyl (C=O) groups is 5. The molecule has 0 aromatic heterocycles. The summed E-state index contributed by atoms with van der Waals surface area (Å²) in [4.78, 5) is 57.2. The summed E-state index contributed by atoms with van der Waals surface area (Å²) in [6.45, 7) is 16.1. The quantitative estimate of drug-likeness (QED) is 0.0527. The van der Waals surface area contributed by atoms with Gasteiger partial charge in [0.1, 0.15) is 26.4 Å². The molecule has 0 aromatic carbocycles. The Morgan fingerprint density at radius 2 is 0.683 bits per heavy atom. The van der Waals surface area contributed by atoms with Crippen LogP contribution < -0.4 is 0 Å². The van der Waals surface area contributed by atoms with Crippen molar-refractivity contribution in [2.45, 2.75) is 27.7 Å². The third-order valence-corrected chi connectivity index (χ3v) is 4.81. The lowest BCUT2D eigenvalue weighted by molar-refractivity contribution is -0.155. The smallest absolute Gasteiger partial charge is 0.374 e. The summed E-state index contributed by atoms with van der Waals surface area (Å²) in [5.41, 5.74) is -0.196. The van der Waals surface area contributed by atoms with E-state index in [-0.39, 0.29) is 96.0 Å². The fourth-order valence-corrected chi connectivity index (χ4v) is 2.65. The molecule has 0 amide bonds. The van der Waals surface area contributed by atoms with Crippen molar-refractivity contribution >= 4 is 29.7 Å². The molecule has 0 rings (SSSR count). The topological polar surface area (TPSA) is 159 Å². The van der Waals surface area contributed by atoms with Crippen molar-refractivity contribution in [2.75, 3.05) is 79.3 Å². The van der Waals surface area contributed by atoms with Crippen molar-refractivity contribution in [3.8, 4) is 0 Å². The van der Waals surface area contributed by atoms with Gasteiger partial charge in [-0.3, -0.25) is 4.79 Å². The number of rotatable bonds is 24. The summed E-state index contributed by atoms with van der Waals surface area (Å²) in [5.74, 6) is -3.37. The Labute approximate surface area is 240 Å². The molecule has 0 aliphatic rings. The second-order valence-corrected chi connectivity index (χ2v) is 9.15. The second-order valence-electron chi connectivity index (χ2n) is 9.15. The summed E-state index contributed by atoms with van der Waals surface area (Å²) in [5, 5.41) is 0. The lowest BCUT2D eigenvalue weighted by Gasteiger charge is -2.33. The Balaban J connectivity index is 5.28. The van der Waals surface area contributed by atoms with Crippen LogP contribution in [0.5, 0.6) is 0 Å². The molecule has 0 N–H and O–H groups in total. The van der Waals surface area contributed by atoms with Gasteiger partial charge in [-0.2, -0.15) is 0 Å². The highest BCUT2D eigenvalue weighted by molar-refractivity contribution is 6.32. The van der Waals surface area contributed by atoms with Gasteiger partial charge in [0.15, 0.2) is 0 Å². The van der Waals surface area contributed by atoms with Gasteiger partial charge in [-0.1, -0.05) is 19.7 Å². The van der Waals surface area contributed by atoms with E-state index in [0.717, 1.165) is 6.92 Å². The second kappa shape index (κ2) is 21.4. The van der Waals surface area contributed by atoms with E-state index < -0.39 is 35.1 Å². The highest BCUT2D eigenvalue weighted by atomic mass is 16.6. The molecule has 0 saturated heterocycles. The van der Waals surface area contributed by atoms with Crippen molar-refractivity contribution in [3.05, 3.63) is 36.5 Å². The van der Waals surface area contributed by atoms with Crippen molar-refractivity contribution in [1.29, 1.82) is 0 Å². The van der Waals surface area contributed by atoms with Crippen molar-refractivity contribution in [2.24, 2.45) is 5.41 Å². The average molecular weight is 587 g/mol. The fourth-order valence-electron chi connectivity index (χ4n) is 2.65. The zero-order chi connectivity index (χ0) is 31.3. The van der Waals surface area contributed by atoms with Gasteiger partial charge in [-0.05, 0) is 20.8 Å². The maximum Gasteiger partial charge on any atom is 0.374 e. The third-order valence-electron chi connectivity index (χ3n) is 4.81. The minimum Gasteiger partial charge on any atom is -0.460 e. The molecule has 0 spiro atoms. The van der Waals surface area contributed by atoms with Gasteiger partial charge < -0.3 is 37.9 Å². The Morgan fingerprint density at radius 3 is 0.902 bits per heavy atom. The van der Waals surface area contributed by atoms with E-state index in [1.165, 1.54) is 20.8 Å². The zero-order valence-corrected chi connectivity index (χ0v) is 24.4. The predicted molar refractivity (Wildman–Crippen MR) is 145 cm³/mol. The Kier molecular flexibility index (Phi) is 19.6. The summed E-state index contributed by atoms with van der Waals surface area (Å²) in [6, 6.07) is 0. The predicted octanol–water partition coefficient (Wildman–Crippen LogP) is 1.53. The van der Waals surface area contributed by atoms with Crippen LogP contribution >= 0.6 is 0 Å². The van der Waals surface area contributed by atoms with Crippen LogP contribution in [-0.4, -0.2) is 109 Å². The van der Waals surface area contributed by atoms with Crippen molar-refractivity contribution in [1.82, 2.24) is 0 Å². The molecule has 0 aliphatic carbocycles. The molecule has 232 valence electrons. The largest absolute Gasteiger partial charge is 0.460 e. The van der Waals surface area contributed by atoms with Crippen LogP contribution in [0.4, 0.5) is 0 Å². The van der Waals surface area contributed by atoms with E-state index in [1.54, 1.807) is 0 Å². The van der Waals surface area contributed by atoms with E-state index in [9.17, 15) is 24.0 Å². The maximum atomic E-state index is 11.6. The van der Waals surface area contributed by atoms with E-state index in [0.29, 0.717) is 0 Å². The number of ether oxygens (including phenoxy) is 8. The number of ketones is 1. The number of esters is 4. The zero-order valence-electron chi connectivity index (χ0n) is 24.4. The summed E-state index contributed by atoms with van der Waals surface area (Å²) < 4.78 is 42.8. The Hall–Kier alpha value is -3.39. The molecule has 0 atom stereocenters. The Morgan fingerprint density at radius 1 is 0.439 bits per heavy atom. The molecule has 0 saturated carbocycles. The molecule has 0 heterocycles. The average Bonchev–Trinajstić information content (AvgIpc) is 2.91. The number of carbonyl (C=O) groups excluding carboxylic acids is 5. The minimum atomic E-state index is -0.979. The van der Waals surface area contributed by atoms with Gasteiger partial charge in [0.25, 0.3) is 0 Å². The molecule has 41 heavy (non-hydrogen) atoms. The molecule has 0 radical (unpaired) electrons. The molecule has 0 aliphatic heterocycles. The van der Waals surface area contributed by atoms with Crippen molar-refractivity contribution in [3.63, 3.8) is 0 Å². The molecule has 0 unspecified atom stereocenters. The molecular formula is C28H42O13. The first kappa shape index (κ1) is 37.6. The summed E-state index contributed by atoms with van der Waals surface area (Å²) in [7, 11) is 0. The summed E-state index contributed by atoms with van der Waals surface area (Å²) in [6.07, 6.45) is 0. The maximum absolute atomic E-state index is 11.6.